The highest BCUT2D eigenvalue weighted by atomic mass is 16.6. The van der Waals surface area contributed by atoms with Crippen LogP contribution in [-0.2, 0) is 11.3 Å². The molecule has 2 aliphatic heterocycles. The number of rotatable bonds is 3. The van der Waals surface area contributed by atoms with Gasteiger partial charge in [0.15, 0.2) is 17.3 Å². The molecule has 4 rings (SSSR count). The zero-order chi connectivity index (χ0) is 14.9. The van der Waals surface area contributed by atoms with E-state index < -0.39 is 0 Å². The Bertz CT molecular complexity index is 713. The normalized spacial score (nSPS) is 17.1. The second-order valence-corrected chi connectivity index (χ2v) is 5.33. The van der Waals surface area contributed by atoms with Crippen LogP contribution in [0.2, 0.25) is 0 Å². The van der Waals surface area contributed by atoms with Crippen molar-refractivity contribution in [2.75, 3.05) is 19.8 Å². The number of aromatic nitrogens is 3. The van der Waals surface area contributed by atoms with E-state index in [2.05, 4.69) is 10.1 Å². The second kappa shape index (κ2) is 5.32. The lowest BCUT2D eigenvalue weighted by atomic mass is 10.2. The van der Waals surface area contributed by atoms with Crippen molar-refractivity contribution >= 4 is 5.91 Å². The minimum atomic E-state index is 0.178. The molecule has 1 aromatic heterocycles. The van der Waals surface area contributed by atoms with Crippen LogP contribution in [0.5, 0.6) is 11.5 Å². The topological polar surface area (TPSA) is 69.5 Å². The third-order valence-corrected chi connectivity index (χ3v) is 3.89. The first kappa shape index (κ1) is 13.1. The van der Waals surface area contributed by atoms with E-state index in [1.807, 2.05) is 23.1 Å². The summed E-state index contributed by atoms with van der Waals surface area (Å²) in [7, 11) is 0. The quantitative estimate of drug-likeness (QED) is 0.851. The van der Waals surface area contributed by atoms with Crippen molar-refractivity contribution in [3.05, 3.63) is 30.4 Å². The molecule has 0 spiro atoms. The van der Waals surface area contributed by atoms with Crippen LogP contribution in [0.3, 0.4) is 0 Å². The van der Waals surface area contributed by atoms with Crippen LogP contribution in [0, 0.1) is 0 Å². The molecule has 22 heavy (non-hydrogen) atoms. The Hall–Kier alpha value is -2.57. The first-order valence-electron chi connectivity index (χ1n) is 7.38. The Morgan fingerprint density at radius 1 is 1.18 bits per heavy atom. The van der Waals surface area contributed by atoms with Gasteiger partial charge in [-0.2, -0.15) is 5.10 Å². The Morgan fingerprint density at radius 3 is 2.86 bits per heavy atom. The molecule has 1 amide bonds. The Morgan fingerprint density at radius 2 is 2.05 bits per heavy atom. The highest BCUT2D eigenvalue weighted by Crippen LogP contribution is 2.32. The lowest BCUT2D eigenvalue weighted by Crippen LogP contribution is -2.25. The Labute approximate surface area is 127 Å². The maximum absolute atomic E-state index is 11.8. The number of amides is 1. The lowest BCUT2D eigenvalue weighted by Gasteiger charge is -2.19. The summed E-state index contributed by atoms with van der Waals surface area (Å²) in [5.41, 5.74) is 0.850. The van der Waals surface area contributed by atoms with Gasteiger partial charge in [-0.15, -0.1) is 0 Å². The van der Waals surface area contributed by atoms with Gasteiger partial charge in [0.25, 0.3) is 0 Å². The Balaban J connectivity index is 1.63. The van der Waals surface area contributed by atoms with Crippen molar-refractivity contribution in [1.29, 1.82) is 0 Å². The molecule has 1 saturated heterocycles. The second-order valence-electron chi connectivity index (χ2n) is 5.33. The highest BCUT2D eigenvalue weighted by Gasteiger charge is 2.22. The fourth-order valence-electron chi connectivity index (χ4n) is 2.79. The number of hydrogen-bond acceptors (Lipinski definition) is 5. The summed E-state index contributed by atoms with van der Waals surface area (Å²) < 4.78 is 12.9. The monoisotopic (exact) mass is 300 g/mol. The summed E-state index contributed by atoms with van der Waals surface area (Å²) >= 11 is 0. The molecule has 2 aromatic rings. The minimum Gasteiger partial charge on any atom is -0.486 e. The number of benzene rings is 1. The van der Waals surface area contributed by atoms with Gasteiger partial charge < -0.3 is 14.4 Å². The SMILES string of the molecule is O=C1CCCN1Cc1ncnn1-c1ccc2c(c1)OCCO2. The summed E-state index contributed by atoms with van der Waals surface area (Å²) in [5, 5.41) is 4.27. The van der Waals surface area contributed by atoms with E-state index in [0.717, 1.165) is 30.2 Å². The van der Waals surface area contributed by atoms with Crippen LogP contribution in [0.4, 0.5) is 0 Å². The first-order chi connectivity index (χ1) is 10.8. The van der Waals surface area contributed by atoms with Gasteiger partial charge in [0.1, 0.15) is 19.5 Å². The van der Waals surface area contributed by atoms with Crippen LogP contribution in [-0.4, -0.2) is 45.3 Å². The van der Waals surface area contributed by atoms with E-state index in [0.29, 0.717) is 31.9 Å². The molecule has 0 radical (unpaired) electrons. The molecular weight excluding hydrogens is 284 g/mol. The van der Waals surface area contributed by atoms with Gasteiger partial charge in [-0.1, -0.05) is 0 Å². The van der Waals surface area contributed by atoms with E-state index in [9.17, 15) is 4.79 Å². The van der Waals surface area contributed by atoms with Gasteiger partial charge in [0, 0.05) is 19.0 Å². The molecule has 7 heteroatoms. The third kappa shape index (κ3) is 2.28. The van der Waals surface area contributed by atoms with E-state index >= 15 is 0 Å². The lowest BCUT2D eigenvalue weighted by molar-refractivity contribution is -0.128. The van der Waals surface area contributed by atoms with Crippen LogP contribution in [0.15, 0.2) is 24.5 Å². The average Bonchev–Trinajstić information content (AvgIpc) is 3.17. The van der Waals surface area contributed by atoms with Gasteiger partial charge in [-0.05, 0) is 18.6 Å². The molecular formula is C15H16N4O3. The molecule has 0 unspecified atom stereocenters. The van der Waals surface area contributed by atoms with E-state index in [4.69, 9.17) is 9.47 Å². The molecule has 1 aromatic carbocycles. The van der Waals surface area contributed by atoms with Crippen LogP contribution in [0.1, 0.15) is 18.7 Å². The summed E-state index contributed by atoms with van der Waals surface area (Å²) in [4.78, 5) is 17.9. The fraction of sp³-hybridized carbons (Fsp3) is 0.400. The highest BCUT2D eigenvalue weighted by molar-refractivity contribution is 5.77. The maximum Gasteiger partial charge on any atom is 0.223 e. The van der Waals surface area contributed by atoms with E-state index in [1.165, 1.54) is 6.33 Å². The fourth-order valence-corrected chi connectivity index (χ4v) is 2.79. The smallest absolute Gasteiger partial charge is 0.223 e. The van der Waals surface area contributed by atoms with Crippen molar-refractivity contribution < 1.29 is 14.3 Å². The molecule has 0 aliphatic carbocycles. The number of fused-ring (bicyclic) bond motifs is 1. The molecule has 3 heterocycles. The van der Waals surface area contributed by atoms with Crippen molar-refractivity contribution in [3.8, 4) is 17.2 Å². The molecule has 0 saturated carbocycles. The maximum atomic E-state index is 11.8. The van der Waals surface area contributed by atoms with Crippen LogP contribution < -0.4 is 9.47 Å². The number of carbonyl (C=O) groups is 1. The zero-order valence-electron chi connectivity index (χ0n) is 12.1. The van der Waals surface area contributed by atoms with Crippen molar-refractivity contribution in [1.82, 2.24) is 19.7 Å². The van der Waals surface area contributed by atoms with Gasteiger partial charge in [-0.25, -0.2) is 9.67 Å². The average molecular weight is 300 g/mol. The molecule has 1 fully saturated rings. The summed E-state index contributed by atoms with van der Waals surface area (Å²) in [6.07, 6.45) is 3.04. The summed E-state index contributed by atoms with van der Waals surface area (Å²) in [6, 6.07) is 5.67. The van der Waals surface area contributed by atoms with E-state index in [-0.39, 0.29) is 5.91 Å². The Kier molecular flexibility index (Phi) is 3.17. The largest absolute Gasteiger partial charge is 0.486 e. The minimum absolute atomic E-state index is 0.178. The molecule has 2 aliphatic rings. The van der Waals surface area contributed by atoms with Crippen LogP contribution in [0.25, 0.3) is 5.69 Å². The van der Waals surface area contributed by atoms with Crippen molar-refractivity contribution in [3.63, 3.8) is 0 Å². The third-order valence-electron chi connectivity index (χ3n) is 3.89. The van der Waals surface area contributed by atoms with Gasteiger partial charge in [0.2, 0.25) is 5.91 Å². The van der Waals surface area contributed by atoms with Gasteiger partial charge in [-0.3, -0.25) is 4.79 Å². The van der Waals surface area contributed by atoms with Gasteiger partial charge >= 0.3 is 0 Å². The summed E-state index contributed by atoms with van der Waals surface area (Å²) in [5.74, 6) is 2.37. The van der Waals surface area contributed by atoms with Crippen molar-refractivity contribution in [2.24, 2.45) is 0 Å². The zero-order valence-corrected chi connectivity index (χ0v) is 12.1. The molecule has 0 N–H and O–H groups in total. The molecule has 7 nitrogen and oxygen atoms in total. The van der Waals surface area contributed by atoms with Gasteiger partial charge in [0.05, 0.1) is 12.2 Å². The molecule has 114 valence electrons. The summed E-state index contributed by atoms with van der Waals surface area (Å²) in [6.45, 7) is 2.38. The molecule has 0 bridgehead atoms. The number of nitrogens with zero attached hydrogens (tertiary/aromatic N) is 4. The van der Waals surface area contributed by atoms with Crippen LogP contribution >= 0.6 is 0 Å². The first-order valence-corrected chi connectivity index (χ1v) is 7.38. The standard InChI is InChI=1S/C15H16N4O3/c20-15-2-1-5-18(15)9-14-16-10-17-19(14)11-3-4-12-13(8-11)22-7-6-21-12/h3-4,8,10H,1-2,5-7,9H2. The number of carbonyl (C=O) groups excluding carboxylic acids is 1. The van der Waals surface area contributed by atoms with E-state index in [1.54, 1.807) is 4.68 Å². The number of hydrogen-bond donors (Lipinski definition) is 0. The number of ether oxygens (including phenoxy) is 2. The number of likely N-dealkylation sites (tertiary alicyclic amines) is 1. The predicted octanol–water partition coefficient (Wildman–Crippen LogP) is 1.16. The predicted molar refractivity (Wildman–Crippen MR) is 77.0 cm³/mol. The molecule has 0 atom stereocenters. The van der Waals surface area contributed by atoms with Crippen molar-refractivity contribution in [2.45, 2.75) is 19.4 Å².